The summed E-state index contributed by atoms with van der Waals surface area (Å²) in [7, 11) is -3.92. The number of amides is 1. The molecule has 8 nitrogen and oxygen atoms in total. The van der Waals surface area contributed by atoms with Gasteiger partial charge in [0.1, 0.15) is 5.75 Å². The summed E-state index contributed by atoms with van der Waals surface area (Å²) in [6.45, 7) is 4.26. The van der Waals surface area contributed by atoms with Gasteiger partial charge in [-0.25, -0.2) is 0 Å². The zero-order chi connectivity index (χ0) is 20.1. The molecule has 0 atom stereocenters. The van der Waals surface area contributed by atoms with Gasteiger partial charge in [0.25, 0.3) is 20.3 Å². The highest BCUT2D eigenvalue weighted by atomic mass is 32.2. The van der Waals surface area contributed by atoms with Crippen LogP contribution in [0.4, 0.5) is 10.8 Å². The zero-order valence-corrected chi connectivity index (χ0v) is 16.8. The third-order valence-electron chi connectivity index (χ3n) is 3.55. The van der Waals surface area contributed by atoms with Crippen LogP contribution in [0.2, 0.25) is 0 Å². The predicted octanol–water partition coefficient (Wildman–Crippen LogP) is 3.30. The molecule has 2 N–H and O–H groups in total. The monoisotopic (exact) mass is 418 g/mol. The molecular weight excluding hydrogens is 400 g/mol. The van der Waals surface area contributed by atoms with E-state index in [0.717, 1.165) is 16.9 Å². The molecule has 0 saturated carbocycles. The molecule has 1 amide bonds. The summed E-state index contributed by atoms with van der Waals surface area (Å²) < 4.78 is 32.5. The molecule has 0 fully saturated rings. The van der Waals surface area contributed by atoms with Crippen LogP contribution >= 0.6 is 11.3 Å². The molecule has 0 radical (unpaired) electrons. The smallest absolute Gasteiger partial charge is 0.291 e. The van der Waals surface area contributed by atoms with Gasteiger partial charge in [0.15, 0.2) is 0 Å². The van der Waals surface area contributed by atoms with E-state index in [1.165, 1.54) is 0 Å². The second kappa shape index (κ2) is 8.36. The molecule has 0 saturated heterocycles. The fourth-order valence-electron chi connectivity index (χ4n) is 2.31. The van der Waals surface area contributed by atoms with Crippen LogP contribution in [0.3, 0.4) is 0 Å². The largest absolute Gasteiger partial charge is 0.494 e. The van der Waals surface area contributed by atoms with E-state index in [-0.39, 0.29) is 15.4 Å². The third-order valence-corrected chi connectivity index (χ3v) is 6.14. The summed E-state index contributed by atoms with van der Waals surface area (Å²) in [5, 5.41) is 10.1. The van der Waals surface area contributed by atoms with E-state index in [9.17, 15) is 13.2 Å². The number of carbonyl (C=O) groups excluding carboxylic acids is 1. The summed E-state index contributed by atoms with van der Waals surface area (Å²) in [5.74, 6) is 0.255. The van der Waals surface area contributed by atoms with E-state index in [1.54, 1.807) is 42.5 Å². The second-order valence-electron chi connectivity index (χ2n) is 5.76. The Morgan fingerprint density at radius 3 is 2.57 bits per heavy atom. The van der Waals surface area contributed by atoms with Crippen molar-refractivity contribution in [3.63, 3.8) is 0 Å². The van der Waals surface area contributed by atoms with Gasteiger partial charge in [-0.3, -0.25) is 14.8 Å². The van der Waals surface area contributed by atoms with E-state index < -0.39 is 10.0 Å². The lowest BCUT2D eigenvalue weighted by Gasteiger charge is -2.06. The first-order valence-corrected chi connectivity index (χ1v) is 10.6. The highest BCUT2D eigenvalue weighted by Crippen LogP contribution is 2.24. The first kappa shape index (κ1) is 19.8. The number of carbonyl (C=O) groups is 1. The van der Waals surface area contributed by atoms with Crippen molar-refractivity contribution in [1.82, 2.24) is 10.2 Å². The molecule has 1 heterocycles. The number of aromatic nitrogens is 2. The van der Waals surface area contributed by atoms with Crippen LogP contribution in [0.1, 0.15) is 22.8 Å². The summed E-state index contributed by atoms with van der Waals surface area (Å²) in [6.07, 6.45) is 0. The number of ether oxygens (including phenoxy) is 1. The maximum atomic E-state index is 12.5. The molecule has 0 aliphatic carbocycles. The van der Waals surface area contributed by atoms with Crippen molar-refractivity contribution in [1.29, 1.82) is 0 Å². The fraction of sp³-hybridized carbons (Fsp3) is 0.167. The SMILES string of the molecule is CCOc1ccc(NS(=O)(=O)c2nnc(NC(=O)c3cccc(C)c3)s2)cc1. The number of sulfonamides is 1. The van der Waals surface area contributed by atoms with Crippen molar-refractivity contribution in [2.45, 2.75) is 18.2 Å². The Hall–Kier alpha value is -2.98. The molecule has 3 rings (SSSR count). The number of nitrogens with one attached hydrogen (secondary N) is 2. The molecule has 2 aromatic carbocycles. The number of hydrogen-bond acceptors (Lipinski definition) is 7. The van der Waals surface area contributed by atoms with Crippen molar-refractivity contribution in [2.24, 2.45) is 0 Å². The molecule has 0 bridgehead atoms. The zero-order valence-electron chi connectivity index (χ0n) is 15.2. The number of benzene rings is 2. The molecule has 28 heavy (non-hydrogen) atoms. The summed E-state index contributed by atoms with van der Waals surface area (Å²) in [6, 6.07) is 13.5. The van der Waals surface area contributed by atoms with Crippen LogP contribution in [-0.2, 0) is 10.0 Å². The quantitative estimate of drug-likeness (QED) is 0.570. The van der Waals surface area contributed by atoms with Crippen molar-refractivity contribution in [3.05, 3.63) is 59.7 Å². The molecule has 146 valence electrons. The molecule has 0 aliphatic heterocycles. The van der Waals surface area contributed by atoms with Gasteiger partial charge in [-0.1, -0.05) is 29.0 Å². The van der Waals surface area contributed by atoms with E-state index in [1.807, 2.05) is 19.9 Å². The topological polar surface area (TPSA) is 110 Å². The Labute approximate surface area is 166 Å². The molecule has 10 heteroatoms. The van der Waals surface area contributed by atoms with Gasteiger partial charge in [-0.05, 0) is 50.2 Å². The molecule has 3 aromatic rings. The molecular formula is C18H18N4O4S2. The highest BCUT2D eigenvalue weighted by molar-refractivity contribution is 7.94. The average Bonchev–Trinajstić information content (AvgIpc) is 3.13. The van der Waals surface area contributed by atoms with Crippen molar-refractivity contribution in [3.8, 4) is 5.75 Å². The Kier molecular flexibility index (Phi) is 5.90. The van der Waals surface area contributed by atoms with E-state index in [0.29, 0.717) is 23.6 Å². The number of aryl methyl sites for hydroxylation is 1. The van der Waals surface area contributed by atoms with Gasteiger partial charge >= 0.3 is 0 Å². The van der Waals surface area contributed by atoms with Crippen molar-refractivity contribution in [2.75, 3.05) is 16.6 Å². The minimum absolute atomic E-state index is 0.0959. The number of rotatable bonds is 7. The number of anilines is 2. The van der Waals surface area contributed by atoms with Crippen LogP contribution in [0, 0.1) is 6.92 Å². The molecule has 0 spiro atoms. The van der Waals surface area contributed by atoms with Crippen molar-refractivity contribution >= 4 is 38.1 Å². The highest BCUT2D eigenvalue weighted by Gasteiger charge is 2.21. The Morgan fingerprint density at radius 1 is 1.14 bits per heavy atom. The Bertz CT molecular complexity index is 1080. The Morgan fingerprint density at radius 2 is 1.89 bits per heavy atom. The predicted molar refractivity (Wildman–Crippen MR) is 107 cm³/mol. The van der Waals surface area contributed by atoms with E-state index in [2.05, 4.69) is 20.2 Å². The van der Waals surface area contributed by atoms with E-state index >= 15 is 0 Å². The van der Waals surface area contributed by atoms with E-state index in [4.69, 9.17) is 4.74 Å². The lowest BCUT2D eigenvalue weighted by Crippen LogP contribution is -2.12. The van der Waals surface area contributed by atoms with Crippen LogP contribution in [0.5, 0.6) is 5.75 Å². The van der Waals surface area contributed by atoms with Gasteiger partial charge in [0.05, 0.1) is 6.61 Å². The summed E-state index contributed by atoms with van der Waals surface area (Å²) >= 11 is 0.768. The second-order valence-corrected chi connectivity index (χ2v) is 8.59. The fourth-order valence-corrected chi connectivity index (χ4v) is 4.26. The van der Waals surface area contributed by atoms with Gasteiger partial charge in [0, 0.05) is 11.3 Å². The normalized spacial score (nSPS) is 11.1. The molecule has 0 unspecified atom stereocenters. The van der Waals surface area contributed by atoms with Gasteiger partial charge in [-0.2, -0.15) is 8.42 Å². The first-order chi connectivity index (χ1) is 13.4. The lowest BCUT2D eigenvalue weighted by molar-refractivity contribution is 0.102. The van der Waals surface area contributed by atoms with Gasteiger partial charge in [-0.15, -0.1) is 10.2 Å². The molecule has 0 aliphatic rings. The molecule has 1 aromatic heterocycles. The third kappa shape index (κ3) is 4.84. The maximum absolute atomic E-state index is 12.5. The first-order valence-electron chi connectivity index (χ1n) is 8.34. The van der Waals surface area contributed by atoms with Gasteiger partial charge in [0.2, 0.25) is 5.13 Å². The van der Waals surface area contributed by atoms with Crippen molar-refractivity contribution < 1.29 is 17.9 Å². The Balaban J connectivity index is 1.70. The van der Waals surface area contributed by atoms with Crippen LogP contribution in [0.25, 0.3) is 0 Å². The lowest BCUT2D eigenvalue weighted by atomic mass is 10.1. The number of hydrogen-bond donors (Lipinski definition) is 2. The van der Waals surface area contributed by atoms with Crippen LogP contribution < -0.4 is 14.8 Å². The standard InChI is InChI=1S/C18H18N4O4S2/c1-3-26-15-9-7-14(8-10-15)22-28(24,25)18-21-20-17(27-18)19-16(23)13-6-4-5-12(2)11-13/h4-11,22H,3H2,1-2H3,(H,19,20,23). The minimum Gasteiger partial charge on any atom is -0.494 e. The summed E-state index contributed by atoms with van der Waals surface area (Å²) in [5.41, 5.74) is 1.75. The average molecular weight is 419 g/mol. The van der Waals surface area contributed by atoms with Crippen LogP contribution in [0.15, 0.2) is 52.9 Å². The minimum atomic E-state index is -3.92. The van der Waals surface area contributed by atoms with Gasteiger partial charge < -0.3 is 4.74 Å². The summed E-state index contributed by atoms with van der Waals surface area (Å²) in [4.78, 5) is 12.3. The maximum Gasteiger partial charge on any atom is 0.291 e. The van der Waals surface area contributed by atoms with Crippen LogP contribution in [-0.4, -0.2) is 31.1 Å². The number of nitrogens with zero attached hydrogens (tertiary/aromatic N) is 2.